The van der Waals surface area contributed by atoms with E-state index in [2.05, 4.69) is 17.6 Å². The summed E-state index contributed by atoms with van der Waals surface area (Å²) < 4.78 is 15.6. The molecule has 0 aromatic heterocycles. The number of benzene rings is 1. The van der Waals surface area contributed by atoms with E-state index in [9.17, 15) is 9.59 Å². The van der Waals surface area contributed by atoms with Crippen LogP contribution in [0.2, 0.25) is 0 Å². The smallest absolute Gasteiger partial charge is 0.338 e. The van der Waals surface area contributed by atoms with Gasteiger partial charge in [0, 0.05) is 12.1 Å². The number of piperidine rings is 1. The summed E-state index contributed by atoms with van der Waals surface area (Å²) in [5.74, 6) is 0.145. The number of ether oxygens (including phenoxy) is 3. The van der Waals surface area contributed by atoms with Crippen LogP contribution >= 0.6 is 0 Å². The van der Waals surface area contributed by atoms with Gasteiger partial charge in [-0.1, -0.05) is 6.92 Å². The van der Waals surface area contributed by atoms with Crippen LogP contribution < -0.4 is 15.4 Å². The Kier molecular flexibility index (Phi) is 7.50. The van der Waals surface area contributed by atoms with Crippen molar-refractivity contribution in [3.63, 3.8) is 0 Å². The summed E-state index contributed by atoms with van der Waals surface area (Å²) in [4.78, 5) is 23.9. The molecule has 1 aromatic carbocycles. The standard InChI is InChI=1S/C22H32N2O5/c1-4-20(14-7-9-23-10-8-14)24-15-11-17(12-15)29-16-5-6-18(21(25)27-2)19(13-16)22(26)28-3/h5-6,13-15,17,20,23-24H,4,7-12H2,1-3H3. The second kappa shape index (κ2) is 10.1. The van der Waals surface area contributed by atoms with Crippen molar-refractivity contribution in [3.05, 3.63) is 29.3 Å². The average molecular weight is 405 g/mol. The van der Waals surface area contributed by atoms with E-state index >= 15 is 0 Å². The van der Waals surface area contributed by atoms with E-state index in [1.807, 2.05) is 0 Å². The Hall–Kier alpha value is -2.12. The van der Waals surface area contributed by atoms with E-state index in [0.717, 1.165) is 38.3 Å². The highest BCUT2D eigenvalue weighted by Crippen LogP contribution is 2.30. The fourth-order valence-electron chi connectivity index (χ4n) is 4.29. The first kappa shape index (κ1) is 21.6. The minimum atomic E-state index is -0.586. The zero-order valence-corrected chi connectivity index (χ0v) is 17.5. The Morgan fingerprint density at radius 2 is 1.76 bits per heavy atom. The van der Waals surface area contributed by atoms with Crippen LogP contribution in [-0.2, 0) is 9.47 Å². The molecule has 2 fully saturated rings. The topological polar surface area (TPSA) is 85.9 Å². The minimum Gasteiger partial charge on any atom is -0.490 e. The monoisotopic (exact) mass is 404 g/mol. The van der Waals surface area contributed by atoms with Crippen molar-refractivity contribution in [3.8, 4) is 5.75 Å². The lowest BCUT2D eigenvalue weighted by molar-refractivity contribution is 0.0551. The summed E-state index contributed by atoms with van der Waals surface area (Å²) in [6.07, 6.45) is 5.60. The molecule has 29 heavy (non-hydrogen) atoms. The predicted molar refractivity (Wildman–Crippen MR) is 109 cm³/mol. The second-order valence-electron chi connectivity index (χ2n) is 7.87. The first-order valence-electron chi connectivity index (χ1n) is 10.5. The third-order valence-corrected chi connectivity index (χ3v) is 6.04. The van der Waals surface area contributed by atoms with E-state index in [1.54, 1.807) is 18.2 Å². The Bertz CT molecular complexity index is 711. The molecule has 7 heteroatoms. The van der Waals surface area contributed by atoms with Crippen molar-refractivity contribution >= 4 is 11.9 Å². The molecule has 7 nitrogen and oxygen atoms in total. The molecule has 160 valence electrons. The summed E-state index contributed by atoms with van der Waals surface area (Å²) in [6, 6.07) is 5.83. The molecular weight excluding hydrogens is 372 g/mol. The van der Waals surface area contributed by atoms with Crippen LogP contribution in [0.15, 0.2) is 18.2 Å². The molecule has 1 aliphatic carbocycles. The van der Waals surface area contributed by atoms with Crippen molar-refractivity contribution in [1.82, 2.24) is 10.6 Å². The van der Waals surface area contributed by atoms with Crippen molar-refractivity contribution in [2.24, 2.45) is 5.92 Å². The van der Waals surface area contributed by atoms with Crippen LogP contribution in [0.1, 0.15) is 59.7 Å². The van der Waals surface area contributed by atoms with E-state index in [4.69, 9.17) is 14.2 Å². The summed E-state index contributed by atoms with van der Waals surface area (Å²) in [6.45, 7) is 4.48. The molecule has 3 rings (SSSR count). The second-order valence-corrected chi connectivity index (χ2v) is 7.87. The maximum Gasteiger partial charge on any atom is 0.338 e. The van der Waals surface area contributed by atoms with Crippen molar-refractivity contribution in [2.75, 3.05) is 27.3 Å². The van der Waals surface area contributed by atoms with Crippen molar-refractivity contribution in [1.29, 1.82) is 0 Å². The summed E-state index contributed by atoms with van der Waals surface area (Å²) in [5.41, 5.74) is 0.329. The molecule has 0 bridgehead atoms. The molecule has 1 aromatic rings. The first-order valence-corrected chi connectivity index (χ1v) is 10.5. The molecule has 2 aliphatic rings. The predicted octanol–water partition coefficient (Wildman–Crippen LogP) is 2.54. The third kappa shape index (κ3) is 5.28. The lowest BCUT2D eigenvalue weighted by Gasteiger charge is -2.41. The maximum atomic E-state index is 12.0. The van der Waals surface area contributed by atoms with Crippen LogP contribution in [0.25, 0.3) is 0 Å². The number of esters is 2. The van der Waals surface area contributed by atoms with E-state index in [0.29, 0.717) is 17.8 Å². The SMILES string of the molecule is CCC(NC1CC(Oc2ccc(C(=O)OC)c(C(=O)OC)c2)C1)C1CCNCC1. The molecule has 0 spiro atoms. The van der Waals surface area contributed by atoms with Crippen LogP contribution in [0.4, 0.5) is 0 Å². The van der Waals surface area contributed by atoms with E-state index in [1.165, 1.54) is 27.1 Å². The quantitative estimate of drug-likeness (QED) is 0.644. The number of hydrogen-bond acceptors (Lipinski definition) is 7. The first-order chi connectivity index (χ1) is 14.0. The number of nitrogens with one attached hydrogen (secondary N) is 2. The minimum absolute atomic E-state index is 0.104. The number of hydrogen-bond donors (Lipinski definition) is 2. The zero-order valence-electron chi connectivity index (χ0n) is 17.5. The Balaban J connectivity index is 1.55. The van der Waals surface area contributed by atoms with Gasteiger partial charge in [0.2, 0.25) is 0 Å². The van der Waals surface area contributed by atoms with Gasteiger partial charge >= 0.3 is 11.9 Å². The molecule has 1 heterocycles. The average Bonchev–Trinajstić information content (AvgIpc) is 2.74. The molecule has 1 aliphatic heterocycles. The van der Waals surface area contributed by atoms with Crippen LogP contribution in [0, 0.1) is 5.92 Å². The van der Waals surface area contributed by atoms with Gasteiger partial charge < -0.3 is 24.8 Å². The zero-order chi connectivity index (χ0) is 20.8. The van der Waals surface area contributed by atoms with Gasteiger partial charge in [0.15, 0.2) is 0 Å². The fourth-order valence-corrected chi connectivity index (χ4v) is 4.29. The summed E-state index contributed by atoms with van der Waals surface area (Å²) in [5, 5.41) is 7.25. The number of rotatable bonds is 8. The van der Waals surface area contributed by atoms with Gasteiger partial charge in [-0.05, 0) is 69.3 Å². The van der Waals surface area contributed by atoms with Crippen LogP contribution in [0.3, 0.4) is 0 Å². The Morgan fingerprint density at radius 3 is 2.38 bits per heavy atom. The molecule has 2 N–H and O–H groups in total. The number of carbonyl (C=O) groups excluding carboxylic acids is 2. The van der Waals surface area contributed by atoms with Gasteiger partial charge in [-0.15, -0.1) is 0 Å². The molecule has 0 amide bonds. The lowest BCUT2D eigenvalue weighted by atomic mass is 9.84. The Morgan fingerprint density at radius 1 is 1.10 bits per heavy atom. The number of methoxy groups -OCH3 is 2. The van der Waals surface area contributed by atoms with E-state index < -0.39 is 11.9 Å². The van der Waals surface area contributed by atoms with Gasteiger partial charge in [0.05, 0.1) is 25.3 Å². The van der Waals surface area contributed by atoms with Gasteiger partial charge in [-0.2, -0.15) is 0 Å². The third-order valence-electron chi connectivity index (χ3n) is 6.04. The highest BCUT2D eigenvalue weighted by Gasteiger charge is 2.34. The molecule has 1 saturated heterocycles. The number of carbonyl (C=O) groups is 2. The maximum absolute atomic E-state index is 12.0. The molecule has 0 radical (unpaired) electrons. The summed E-state index contributed by atoms with van der Waals surface area (Å²) >= 11 is 0. The summed E-state index contributed by atoms with van der Waals surface area (Å²) in [7, 11) is 2.56. The molecule has 1 unspecified atom stereocenters. The highest BCUT2D eigenvalue weighted by atomic mass is 16.5. The van der Waals surface area contributed by atoms with Gasteiger partial charge in [0.1, 0.15) is 11.9 Å². The molecule has 1 atom stereocenters. The van der Waals surface area contributed by atoms with Crippen molar-refractivity contribution in [2.45, 2.75) is 57.2 Å². The van der Waals surface area contributed by atoms with Crippen LogP contribution in [0.5, 0.6) is 5.75 Å². The highest BCUT2D eigenvalue weighted by molar-refractivity contribution is 6.03. The van der Waals surface area contributed by atoms with Crippen molar-refractivity contribution < 1.29 is 23.8 Å². The molecular formula is C22H32N2O5. The Labute approximate surface area is 172 Å². The lowest BCUT2D eigenvalue weighted by Crippen LogP contribution is -2.53. The molecule has 1 saturated carbocycles. The van der Waals surface area contributed by atoms with Gasteiger partial charge in [0.25, 0.3) is 0 Å². The van der Waals surface area contributed by atoms with Gasteiger partial charge in [-0.3, -0.25) is 0 Å². The largest absolute Gasteiger partial charge is 0.490 e. The van der Waals surface area contributed by atoms with Gasteiger partial charge in [-0.25, -0.2) is 9.59 Å². The van der Waals surface area contributed by atoms with Crippen LogP contribution in [-0.4, -0.2) is 57.4 Å². The normalized spacial score (nSPS) is 23.0. The fraction of sp³-hybridized carbons (Fsp3) is 0.636. The van der Waals surface area contributed by atoms with E-state index in [-0.39, 0.29) is 17.2 Å².